The fourth-order valence-corrected chi connectivity index (χ4v) is 2.35. The van der Waals surface area contributed by atoms with Gasteiger partial charge in [0.2, 0.25) is 0 Å². The van der Waals surface area contributed by atoms with Crippen LogP contribution in [0.15, 0.2) is 33.9 Å². The smallest absolute Gasteiger partial charge is 0.256 e. The summed E-state index contributed by atoms with van der Waals surface area (Å²) in [5.41, 5.74) is 0.948. The Hall–Kier alpha value is -1.00. The number of hydrogen-bond acceptors (Lipinski definition) is 4. The molecular formula is C13H17NO2S. The van der Waals surface area contributed by atoms with E-state index in [2.05, 4.69) is 4.98 Å². The van der Waals surface area contributed by atoms with Gasteiger partial charge in [0.1, 0.15) is 5.52 Å². The number of thioether (sulfide) groups is 1. The minimum absolute atomic E-state index is 0.208. The molecule has 0 bridgehead atoms. The first kappa shape index (κ1) is 12.5. The van der Waals surface area contributed by atoms with Crippen LogP contribution in [-0.4, -0.2) is 21.4 Å². The number of aliphatic hydroxyl groups is 1. The van der Waals surface area contributed by atoms with Gasteiger partial charge in [0.05, 0.1) is 5.60 Å². The first-order valence-corrected chi connectivity index (χ1v) is 6.68. The Kier molecular flexibility index (Phi) is 3.45. The number of fused-ring (bicyclic) bond motifs is 1. The van der Waals surface area contributed by atoms with Gasteiger partial charge in [0.25, 0.3) is 5.22 Å². The molecular weight excluding hydrogens is 234 g/mol. The third-order valence-corrected chi connectivity index (χ3v) is 4.16. The zero-order valence-corrected chi connectivity index (χ0v) is 11.1. The zero-order chi connectivity index (χ0) is 12.5. The van der Waals surface area contributed by atoms with Crippen molar-refractivity contribution in [3.63, 3.8) is 0 Å². The van der Waals surface area contributed by atoms with Gasteiger partial charge in [-0.2, -0.15) is 0 Å². The molecule has 1 N–H and O–H groups in total. The largest absolute Gasteiger partial charge is 0.431 e. The Bertz CT molecular complexity index is 472. The number of aromatic nitrogens is 1. The average Bonchev–Trinajstić information content (AvgIpc) is 2.69. The molecule has 3 nitrogen and oxygen atoms in total. The van der Waals surface area contributed by atoms with E-state index < -0.39 is 5.60 Å². The summed E-state index contributed by atoms with van der Waals surface area (Å²) in [4.78, 5) is 4.36. The number of oxazole rings is 1. The molecule has 1 aromatic heterocycles. The van der Waals surface area contributed by atoms with E-state index in [-0.39, 0.29) is 5.92 Å². The van der Waals surface area contributed by atoms with Crippen LogP contribution >= 0.6 is 11.8 Å². The molecule has 1 atom stereocenters. The van der Waals surface area contributed by atoms with Crippen LogP contribution in [0.1, 0.15) is 20.8 Å². The molecule has 0 aliphatic carbocycles. The molecule has 1 heterocycles. The predicted octanol–water partition coefficient (Wildman–Crippen LogP) is 3.33. The highest BCUT2D eigenvalue weighted by Gasteiger charge is 2.25. The molecule has 0 fully saturated rings. The van der Waals surface area contributed by atoms with Gasteiger partial charge in [-0.05, 0) is 25.0 Å². The Labute approximate surface area is 105 Å². The van der Waals surface area contributed by atoms with E-state index in [9.17, 15) is 5.11 Å². The summed E-state index contributed by atoms with van der Waals surface area (Å²) >= 11 is 1.45. The molecule has 0 aliphatic rings. The van der Waals surface area contributed by atoms with Gasteiger partial charge in [-0.1, -0.05) is 37.7 Å². The van der Waals surface area contributed by atoms with Crippen LogP contribution in [0.2, 0.25) is 0 Å². The molecule has 0 spiro atoms. The fraction of sp³-hybridized carbons (Fsp3) is 0.462. The maximum atomic E-state index is 10.1. The van der Waals surface area contributed by atoms with Gasteiger partial charge in [0, 0.05) is 5.75 Å². The number of para-hydroxylation sites is 2. The molecule has 0 amide bonds. The Morgan fingerprint density at radius 2 is 2.12 bits per heavy atom. The number of rotatable bonds is 4. The van der Waals surface area contributed by atoms with E-state index in [1.165, 1.54) is 11.8 Å². The molecule has 2 aromatic rings. The Morgan fingerprint density at radius 3 is 2.76 bits per heavy atom. The van der Waals surface area contributed by atoms with Crippen molar-refractivity contribution in [1.82, 2.24) is 4.98 Å². The summed E-state index contributed by atoms with van der Waals surface area (Å²) in [7, 11) is 0. The van der Waals surface area contributed by atoms with Gasteiger partial charge < -0.3 is 9.52 Å². The summed E-state index contributed by atoms with van der Waals surface area (Å²) in [6.07, 6.45) is 0. The highest BCUT2D eigenvalue weighted by molar-refractivity contribution is 7.99. The summed E-state index contributed by atoms with van der Waals surface area (Å²) in [5.74, 6) is 0.789. The van der Waals surface area contributed by atoms with Crippen molar-refractivity contribution >= 4 is 22.9 Å². The molecule has 0 saturated carbocycles. The maximum Gasteiger partial charge on any atom is 0.256 e. The third-order valence-electron chi connectivity index (χ3n) is 3.01. The molecule has 0 radical (unpaired) electrons. The monoisotopic (exact) mass is 251 g/mol. The lowest BCUT2D eigenvalue weighted by Gasteiger charge is -2.26. The van der Waals surface area contributed by atoms with Crippen molar-refractivity contribution in [3.05, 3.63) is 24.3 Å². The van der Waals surface area contributed by atoms with Gasteiger partial charge >= 0.3 is 0 Å². The maximum absolute atomic E-state index is 10.1. The minimum atomic E-state index is -0.703. The lowest BCUT2D eigenvalue weighted by atomic mass is 9.95. The van der Waals surface area contributed by atoms with E-state index in [1.54, 1.807) is 0 Å². The first-order valence-electron chi connectivity index (χ1n) is 5.70. The second-order valence-corrected chi connectivity index (χ2v) is 5.67. The molecule has 2 rings (SSSR count). The second-order valence-electron chi connectivity index (χ2n) is 4.75. The van der Waals surface area contributed by atoms with Crippen LogP contribution in [0.5, 0.6) is 0 Å². The van der Waals surface area contributed by atoms with Crippen LogP contribution in [0.4, 0.5) is 0 Å². The Morgan fingerprint density at radius 1 is 1.41 bits per heavy atom. The highest BCUT2D eigenvalue weighted by atomic mass is 32.2. The van der Waals surface area contributed by atoms with Crippen LogP contribution < -0.4 is 0 Å². The molecule has 17 heavy (non-hydrogen) atoms. The topological polar surface area (TPSA) is 46.3 Å². The molecule has 0 aliphatic heterocycles. The predicted molar refractivity (Wildman–Crippen MR) is 70.2 cm³/mol. The van der Waals surface area contributed by atoms with E-state index in [1.807, 2.05) is 45.0 Å². The van der Waals surface area contributed by atoms with Gasteiger partial charge in [-0.3, -0.25) is 0 Å². The number of benzene rings is 1. The lowest BCUT2D eigenvalue weighted by Crippen LogP contribution is -2.33. The third kappa shape index (κ3) is 2.82. The van der Waals surface area contributed by atoms with Crippen molar-refractivity contribution in [3.8, 4) is 0 Å². The van der Waals surface area contributed by atoms with Crippen LogP contribution in [0.3, 0.4) is 0 Å². The highest BCUT2D eigenvalue weighted by Crippen LogP contribution is 2.28. The average molecular weight is 251 g/mol. The molecule has 4 heteroatoms. The van der Waals surface area contributed by atoms with Crippen molar-refractivity contribution in [2.24, 2.45) is 5.92 Å². The lowest BCUT2D eigenvalue weighted by molar-refractivity contribution is 0.0375. The zero-order valence-electron chi connectivity index (χ0n) is 10.3. The number of nitrogens with zero attached hydrogens (tertiary/aromatic N) is 1. The standard InChI is InChI=1S/C13H17NO2S/c1-9(2)13(3,15)8-17-12-14-10-6-4-5-7-11(10)16-12/h4-7,9,15H,8H2,1-3H3. The molecule has 1 unspecified atom stereocenters. The van der Waals surface area contributed by atoms with Crippen LogP contribution in [0.25, 0.3) is 11.1 Å². The quantitative estimate of drug-likeness (QED) is 0.847. The first-order chi connectivity index (χ1) is 7.99. The molecule has 1 aromatic carbocycles. The van der Waals surface area contributed by atoms with E-state index in [4.69, 9.17) is 4.42 Å². The van der Waals surface area contributed by atoms with Crippen LogP contribution in [-0.2, 0) is 0 Å². The minimum Gasteiger partial charge on any atom is -0.431 e. The summed E-state index contributed by atoms with van der Waals surface area (Å²) in [5, 5.41) is 10.8. The SMILES string of the molecule is CC(C)C(C)(O)CSc1nc2ccccc2o1. The summed E-state index contributed by atoms with van der Waals surface area (Å²) in [6, 6.07) is 7.67. The van der Waals surface area contributed by atoms with Gasteiger partial charge in [-0.25, -0.2) is 4.98 Å². The van der Waals surface area contributed by atoms with Crippen molar-refractivity contribution in [1.29, 1.82) is 0 Å². The van der Waals surface area contributed by atoms with Gasteiger partial charge in [0.15, 0.2) is 5.58 Å². The number of hydrogen-bond donors (Lipinski definition) is 1. The summed E-state index contributed by atoms with van der Waals surface area (Å²) < 4.78 is 5.58. The Balaban J connectivity index is 2.09. The van der Waals surface area contributed by atoms with E-state index in [0.29, 0.717) is 11.0 Å². The second kappa shape index (κ2) is 4.70. The van der Waals surface area contributed by atoms with Crippen molar-refractivity contribution in [2.75, 3.05) is 5.75 Å². The molecule has 92 valence electrons. The van der Waals surface area contributed by atoms with Crippen molar-refractivity contribution < 1.29 is 9.52 Å². The normalized spacial score (nSPS) is 15.4. The summed E-state index contributed by atoms with van der Waals surface area (Å²) in [6.45, 7) is 5.85. The fourth-order valence-electron chi connectivity index (χ4n) is 1.29. The van der Waals surface area contributed by atoms with E-state index in [0.717, 1.165) is 11.1 Å². The van der Waals surface area contributed by atoms with Crippen molar-refractivity contribution in [2.45, 2.75) is 31.6 Å². The van der Waals surface area contributed by atoms with Crippen LogP contribution in [0, 0.1) is 5.92 Å². The van der Waals surface area contributed by atoms with Gasteiger partial charge in [-0.15, -0.1) is 0 Å². The molecule has 0 saturated heterocycles. The van der Waals surface area contributed by atoms with E-state index >= 15 is 0 Å².